The van der Waals surface area contributed by atoms with E-state index in [1.807, 2.05) is 42.2 Å². The van der Waals surface area contributed by atoms with Crippen LogP contribution in [0.15, 0.2) is 30.3 Å². The number of amides is 1. The summed E-state index contributed by atoms with van der Waals surface area (Å²) >= 11 is 0. The number of aliphatic hydroxyl groups is 1. The third-order valence-corrected chi connectivity index (χ3v) is 4.36. The van der Waals surface area contributed by atoms with Crippen molar-refractivity contribution in [2.75, 3.05) is 13.1 Å². The highest BCUT2D eigenvalue weighted by molar-refractivity contribution is 5.85. The third kappa shape index (κ3) is 4.70. The zero-order chi connectivity index (χ0) is 15.2. The van der Waals surface area contributed by atoms with E-state index in [9.17, 15) is 9.90 Å². The van der Waals surface area contributed by atoms with Crippen molar-refractivity contribution in [1.29, 1.82) is 0 Å². The lowest BCUT2D eigenvalue weighted by atomic mass is 9.87. The largest absolute Gasteiger partial charge is 0.388 e. The average molecular weight is 327 g/mol. The number of benzene rings is 1. The molecule has 1 saturated heterocycles. The molecule has 3 N–H and O–H groups in total. The number of carbonyl (C=O) groups is 1. The van der Waals surface area contributed by atoms with Crippen molar-refractivity contribution in [3.63, 3.8) is 0 Å². The minimum absolute atomic E-state index is 0. The van der Waals surface area contributed by atoms with Crippen LogP contribution < -0.4 is 5.73 Å². The summed E-state index contributed by atoms with van der Waals surface area (Å²) in [6.45, 7) is 3.44. The first kappa shape index (κ1) is 18.9. The lowest BCUT2D eigenvalue weighted by Crippen LogP contribution is -2.47. The predicted molar refractivity (Wildman–Crippen MR) is 90.8 cm³/mol. The molecule has 1 aromatic carbocycles. The molecule has 1 aromatic rings. The zero-order valence-corrected chi connectivity index (χ0v) is 14.0. The molecule has 1 heterocycles. The van der Waals surface area contributed by atoms with Crippen LogP contribution in [0.2, 0.25) is 0 Å². The normalized spacial score (nSPS) is 18.4. The van der Waals surface area contributed by atoms with Crippen LogP contribution in [0.1, 0.15) is 44.3 Å². The van der Waals surface area contributed by atoms with E-state index in [2.05, 4.69) is 0 Å². The Hall–Kier alpha value is -1.10. The molecule has 2 rings (SSSR count). The van der Waals surface area contributed by atoms with Crippen LogP contribution in [-0.2, 0) is 4.79 Å². The Bertz CT molecular complexity index is 447. The van der Waals surface area contributed by atoms with Crippen LogP contribution >= 0.6 is 12.4 Å². The van der Waals surface area contributed by atoms with Crippen molar-refractivity contribution in [3.8, 4) is 0 Å². The number of rotatable bonds is 5. The monoisotopic (exact) mass is 326 g/mol. The molecule has 0 saturated carbocycles. The molecular weight excluding hydrogens is 300 g/mol. The number of nitrogens with zero attached hydrogens (tertiary/aromatic N) is 1. The van der Waals surface area contributed by atoms with Crippen LogP contribution in [0.3, 0.4) is 0 Å². The number of hydrogen-bond donors (Lipinski definition) is 2. The van der Waals surface area contributed by atoms with Gasteiger partial charge in [0.15, 0.2) is 0 Å². The lowest BCUT2D eigenvalue weighted by molar-refractivity contribution is -0.134. The van der Waals surface area contributed by atoms with Gasteiger partial charge in [-0.05, 0) is 30.7 Å². The van der Waals surface area contributed by atoms with Gasteiger partial charge in [0, 0.05) is 13.1 Å². The standard InChI is InChI=1S/C17H26N2O2.ClH/c1-2-6-15(18)17(21)19-11-9-14(10-12-19)16(20)13-7-4-3-5-8-13;/h3-5,7-8,14-16,20H,2,6,9-12,18H2,1H3;1H. The molecule has 5 heteroatoms. The SMILES string of the molecule is CCCC(N)C(=O)N1CCC(C(O)c2ccccc2)CC1.Cl. The van der Waals surface area contributed by atoms with E-state index in [0.717, 1.165) is 31.2 Å². The van der Waals surface area contributed by atoms with Crippen LogP contribution in [0, 0.1) is 5.92 Å². The van der Waals surface area contributed by atoms with E-state index in [1.54, 1.807) is 0 Å². The van der Waals surface area contributed by atoms with Gasteiger partial charge in [-0.3, -0.25) is 4.79 Å². The second kappa shape index (κ2) is 9.13. The summed E-state index contributed by atoms with van der Waals surface area (Å²) in [6.07, 6.45) is 2.90. The Morgan fingerprint density at radius 3 is 2.45 bits per heavy atom. The molecule has 22 heavy (non-hydrogen) atoms. The van der Waals surface area contributed by atoms with Gasteiger partial charge in [0.25, 0.3) is 0 Å². The maximum atomic E-state index is 12.2. The minimum Gasteiger partial charge on any atom is -0.388 e. The molecular formula is C17H27ClN2O2. The molecule has 0 bridgehead atoms. The lowest BCUT2D eigenvalue weighted by Gasteiger charge is -2.35. The fourth-order valence-corrected chi connectivity index (χ4v) is 3.03. The number of hydrogen-bond acceptors (Lipinski definition) is 3. The van der Waals surface area contributed by atoms with Crippen molar-refractivity contribution >= 4 is 18.3 Å². The summed E-state index contributed by atoms with van der Waals surface area (Å²) in [5, 5.41) is 10.4. The van der Waals surface area contributed by atoms with Gasteiger partial charge in [-0.15, -0.1) is 12.4 Å². The topological polar surface area (TPSA) is 66.6 Å². The number of carbonyl (C=O) groups excluding carboxylic acids is 1. The van der Waals surface area contributed by atoms with Crippen LogP contribution in [0.5, 0.6) is 0 Å². The fourth-order valence-electron chi connectivity index (χ4n) is 3.03. The molecule has 0 aliphatic carbocycles. The fraction of sp³-hybridized carbons (Fsp3) is 0.588. The van der Waals surface area contributed by atoms with Crippen LogP contribution in [0.4, 0.5) is 0 Å². The summed E-state index contributed by atoms with van der Waals surface area (Å²) in [4.78, 5) is 14.0. The Morgan fingerprint density at radius 1 is 1.32 bits per heavy atom. The molecule has 1 aliphatic heterocycles. The van der Waals surface area contributed by atoms with Crippen molar-refractivity contribution in [2.45, 2.75) is 44.8 Å². The first-order chi connectivity index (χ1) is 10.1. The second-order valence-electron chi connectivity index (χ2n) is 5.91. The molecule has 0 radical (unpaired) electrons. The summed E-state index contributed by atoms with van der Waals surface area (Å²) < 4.78 is 0. The van der Waals surface area contributed by atoms with Gasteiger partial charge in [-0.2, -0.15) is 0 Å². The van der Waals surface area contributed by atoms with Gasteiger partial charge in [-0.25, -0.2) is 0 Å². The minimum atomic E-state index is -0.437. The van der Waals surface area contributed by atoms with E-state index < -0.39 is 6.10 Å². The van der Waals surface area contributed by atoms with E-state index in [-0.39, 0.29) is 30.3 Å². The smallest absolute Gasteiger partial charge is 0.239 e. The Kier molecular flexibility index (Phi) is 7.87. The van der Waals surface area contributed by atoms with E-state index in [1.165, 1.54) is 0 Å². The van der Waals surface area contributed by atoms with Gasteiger partial charge in [0.05, 0.1) is 12.1 Å². The molecule has 1 fully saturated rings. The molecule has 124 valence electrons. The maximum Gasteiger partial charge on any atom is 0.239 e. The number of halogens is 1. The molecule has 4 nitrogen and oxygen atoms in total. The highest BCUT2D eigenvalue weighted by atomic mass is 35.5. The highest BCUT2D eigenvalue weighted by Crippen LogP contribution is 2.30. The van der Waals surface area contributed by atoms with E-state index >= 15 is 0 Å². The molecule has 1 amide bonds. The van der Waals surface area contributed by atoms with Gasteiger partial charge in [-0.1, -0.05) is 43.7 Å². The Balaban J connectivity index is 0.00000242. The first-order valence-corrected chi connectivity index (χ1v) is 7.90. The summed E-state index contributed by atoms with van der Waals surface area (Å²) in [7, 11) is 0. The highest BCUT2D eigenvalue weighted by Gasteiger charge is 2.29. The van der Waals surface area contributed by atoms with Gasteiger partial charge < -0.3 is 15.7 Å². The quantitative estimate of drug-likeness (QED) is 0.873. The Labute approximate surface area is 139 Å². The summed E-state index contributed by atoms with van der Waals surface area (Å²) in [5.74, 6) is 0.281. The van der Waals surface area contributed by atoms with E-state index in [4.69, 9.17) is 5.73 Å². The number of nitrogens with two attached hydrogens (primary N) is 1. The van der Waals surface area contributed by atoms with Crippen molar-refractivity contribution in [2.24, 2.45) is 11.7 Å². The van der Waals surface area contributed by atoms with Gasteiger partial charge in [0.2, 0.25) is 5.91 Å². The summed E-state index contributed by atoms with van der Waals surface area (Å²) in [6, 6.07) is 9.39. The van der Waals surface area contributed by atoms with Crippen molar-refractivity contribution in [3.05, 3.63) is 35.9 Å². The molecule has 2 unspecified atom stereocenters. The molecule has 0 spiro atoms. The number of aliphatic hydroxyl groups excluding tert-OH is 1. The molecule has 2 atom stereocenters. The maximum absolute atomic E-state index is 12.2. The predicted octanol–water partition coefficient (Wildman–Crippen LogP) is 2.51. The van der Waals surface area contributed by atoms with Crippen molar-refractivity contribution in [1.82, 2.24) is 4.90 Å². The van der Waals surface area contributed by atoms with Gasteiger partial charge in [0.1, 0.15) is 0 Å². The number of piperidine rings is 1. The molecule has 0 aromatic heterocycles. The van der Waals surface area contributed by atoms with Gasteiger partial charge >= 0.3 is 0 Å². The average Bonchev–Trinajstić information content (AvgIpc) is 2.54. The second-order valence-corrected chi connectivity index (χ2v) is 5.91. The first-order valence-electron chi connectivity index (χ1n) is 7.90. The zero-order valence-electron chi connectivity index (χ0n) is 13.1. The number of likely N-dealkylation sites (tertiary alicyclic amines) is 1. The summed E-state index contributed by atoms with van der Waals surface area (Å²) in [5.41, 5.74) is 6.87. The molecule has 1 aliphatic rings. The van der Waals surface area contributed by atoms with Crippen LogP contribution in [0.25, 0.3) is 0 Å². The Morgan fingerprint density at radius 2 is 1.91 bits per heavy atom. The van der Waals surface area contributed by atoms with E-state index in [0.29, 0.717) is 13.1 Å². The third-order valence-electron chi connectivity index (χ3n) is 4.36. The van der Waals surface area contributed by atoms with Crippen molar-refractivity contribution < 1.29 is 9.90 Å². The van der Waals surface area contributed by atoms with Crippen LogP contribution in [-0.4, -0.2) is 35.0 Å².